The van der Waals surface area contributed by atoms with Gasteiger partial charge in [0.05, 0.1) is 17.6 Å². The van der Waals surface area contributed by atoms with Crippen molar-refractivity contribution in [2.75, 3.05) is 16.8 Å². The van der Waals surface area contributed by atoms with Crippen molar-refractivity contribution in [1.82, 2.24) is 19.6 Å². The second-order valence-electron chi connectivity index (χ2n) is 9.80. The molecule has 2 atom stereocenters. The van der Waals surface area contributed by atoms with E-state index >= 15 is 0 Å². The zero-order chi connectivity index (χ0) is 24.3. The maximum atomic E-state index is 13.9. The van der Waals surface area contributed by atoms with Gasteiger partial charge < -0.3 is 15.3 Å². The first kappa shape index (κ1) is 21.7. The average molecular weight is 473 g/mol. The van der Waals surface area contributed by atoms with E-state index in [4.69, 9.17) is 4.98 Å². The third kappa shape index (κ3) is 3.63. The predicted octanol–water partition coefficient (Wildman–Crippen LogP) is 3.40. The van der Waals surface area contributed by atoms with Gasteiger partial charge in [-0.25, -0.2) is 18.9 Å². The van der Waals surface area contributed by atoms with Gasteiger partial charge in [-0.3, -0.25) is 4.79 Å². The summed E-state index contributed by atoms with van der Waals surface area (Å²) in [6.07, 6.45) is 3.80. The number of carbonyl (C=O) groups excluding carboxylic acids is 1. The minimum Gasteiger partial charge on any atom is -0.391 e. The molecule has 0 bridgehead atoms. The number of nitrogens with zero attached hydrogens (tertiary/aromatic N) is 5. The van der Waals surface area contributed by atoms with Crippen LogP contribution >= 0.6 is 0 Å². The molecule has 2 aromatic heterocycles. The van der Waals surface area contributed by atoms with Crippen molar-refractivity contribution >= 4 is 23.1 Å². The summed E-state index contributed by atoms with van der Waals surface area (Å²) in [4.78, 5) is 23.6. The van der Waals surface area contributed by atoms with Crippen molar-refractivity contribution in [3.8, 4) is 0 Å². The Bertz CT molecular complexity index is 1470. The lowest BCUT2D eigenvalue weighted by atomic mass is 9.86. The van der Waals surface area contributed by atoms with E-state index in [1.165, 1.54) is 12.1 Å². The number of aromatic nitrogens is 4. The van der Waals surface area contributed by atoms with Crippen molar-refractivity contribution in [3.05, 3.63) is 83.2 Å². The number of hydrogen-bond donors (Lipinski definition) is 2. The molecular formula is C26H25FN6O2. The van der Waals surface area contributed by atoms with Crippen molar-refractivity contribution in [1.29, 1.82) is 0 Å². The van der Waals surface area contributed by atoms with Crippen molar-refractivity contribution in [2.45, 2.75) is 44.2 Å². The minimum atomic E-state index is -0.557. The lowest BCUT2D eigenvalue weighted by Crippen LogP contribution is -2.26. The van der Waals surface area contributed by atoms with E-state index in [1.54, 1.807) is 23.0 Å². The first-order chi connectivity index (χ1) is 16.8. The monoisotopic (exact) mass is 472 g/mol. The standard InChI is InChI=1S/C26H25FN6O2/c1-26(2)19-7-6-15(10-20(19)29-25(26)35)11-22-30-24-23(28-8-9-33(24)31-22)32-14-18(34)13-21(32)16-4-3-5-17(27)12-16/h3-10,12,18,21,34H,11,13-14H2,1-2H3,(H,29,35)/t18-,21+/m0/s1. The second-order valence-corrected chi connectivity index (χ2v) is 9.80. The molecule has 2 aromatic carbocycles. The first-order valence-electron chi connectivity index (χ1n) is 11.6. The number of fused-ring (bicyclic) bond motifs is 2. The van der Waals surface area contributed by atoms with Gasteiger partial charge in [0, 0.05) is 31.0 Å². The molecule has 0 saturated carbocycles. The summed E-state index contributed by atoms with van der Waals surface area (Å²) in [5.41, 5.74) is 3.61. The zero-order valence-electron chi connectivity index (χ0n) is 19.4. The van der Waals surface area contributed by atoms with Crippen LogP contribution < -0.4 is 10.2 Å². The van der Waals surface area contributed by atoms with Crippen LogP contribution in [0.5, 0.6) is 0 Å². The van der Waals surface area contributed by atoms with Crippen LogP contribution in [0.2, 0.25) is 0 Å². The molecule has 1 saturated heterocycles. The summed E-state index contributed by atoms with van der Waals surface area (Å²) in [6, 6.07) is 12.2. The fourth-order valence-corrected chi connectivity index (χ4v) is 5.14. The Kier molecular flexibility index (Phi) is 4.86. The fourth-order valence-electron chi connectivity index (χ4n) is 5.14. The molecule has 0 aliphatic carbocycles. The van der Waals surface area contributed by atoms with E-state index in [-0.39, 0.29) is 17.8 Å². The normalized spacial score (nSPS) is 20.9. The molecule has 0 spiro atoms. The number of amides is 1. The summed E-state index contributed by atoms with van der Waals surface area (Å²) in [5.74, 6) is 0.894. The molecule has 1 fully saturated rings. The van der Waals surface area contributed by atoms with Crippen LogP contribution in [-0.2, 0) is 16.6 Å². The molecule has 9 heteroatoms. The Hall–Kier alpha value is -3.85. The van der Waals surface area contributed by atoms with Gasteiger partial charge in [0.2, 0.25) is 5.91 Å². The number of nitrogens with one attached hydrogen (secondary N) is 1. The van der Waals surface area contributed by atoms with Gasteiger partial charge in [0.25, 0.3) is 0 Å². The fraction of sp³-hybridized carbons (Fsp3) is 0.308. The maximum absolute atomic E-state index is 13.9. The van der Waals surface area contributed by atoms with Crippen LogP contribution in [0.15, 0.2) is 54.9 Å². The van der Waals surface area contributed by atoms with Crippen LogP contribution in [0.1, 0.15) is 48.8 Å². The number of aliphatic hydroxyl groups is 1. The molecule has 6 rings (SSSR count). The van der Waals surface area contributed by atoms with E-state index in [9.17, 15) is 14.3 Å². The number of benzene rings is 2. The Balaban J connectivity index is 1.33. The van der Waals surface area contributed by atoms with Gasteiger partial charge in [-0.1, -0.05) is 24.3 Å². The van der Waals surface area contributed by atoms with Gasteiger partial charge in [0.15, 0.2) is 17.3 Å². The van der Waals surface area contributed by atoms with Crippen LogP contribution in [0, 0.1) is 5.82 Å². The molecule has 2 N–H and O–H groups in total. The molecule has 2 aliphatic rings. The van der Waals surface area contributed by atoms with E-state index in [0.29, 0.717) is 36.7 Å². The largest absolute Gasteiger partial charge is 0.391 e. The molecule has 2 aliphatic heterocycles. The maximum Gasteiger partial charge on any atom is 0.234 e. The van der Waals surface area contributed by atoms with Gasteiger partial charge in [0.1, 0.15) is 5.82 Å². The van der Waals surface area contributed by atoms with Crippen molar-refractivity contribution in [2.24, 2.45) is 0 Å². The number of carbonyl (C=O) groups is 1. The SMILES string of the molecule is CC1(C)C(=O)Nc2cc(Cc3nc4c(N5C[C@@H](O)C[C@@H]5c5cccc(F)c5)nccn4n3)ccc21. The van der Waals surface area contributed by atoms with E-state index in [1.807, 2.05) is 43.0 Å². The Morgan fingerprint density at radius 3 is 2.91 bits per heavy atom. The molecule has 0 unspecified atom stereocenters. The highest BCUT2D eigenvalue weighted by Gasteiger charge is 2.38. The van der Waals surface area contributed by atoms with Crippen LogP contribution in [-0.4, -0.2) is 43.2 Å². The van der Waals surface area contributed by atoms with E-state index in [2.05, 4.69) is 15.4 Å². The number of rotatable bonds is 4. The van der Waals surface area contributed by atoms with Crippen LogP contribution in [0.4, 0.5) is 15.9 Å². The third-order valence-corrected chi connectivity index (χ3v) is 7.00. The van der Waals surface area contributed by atoms with Crippen LogP contribution in [0.3, 0.4) is 0 Å². The highest BCUT2D eigenvalue weighted by atomic mass is 19.1. The van der Waals surface area contributed by atoms with Gasteiger partial charge >= 0.3 is 0 Å². The summed E-state index contributed by atoms with van der Waals surface area (Å²) in [7, 11) is 0. The average Bonchev–Trinajstić information content (AvgIpc) is 3.47. The van der Waals surface area contributed by atoms with Gasteiger partial charge in [-0.2, -0.15) is 5.10 Å². The zero-order valence-corrected chi connectivity index (χ0v) is 19.4. The smallest absolute Gasteiger partial charge is 0.234 e. The lowest BCUT2D eigenvalue weighted by Gasteiger charge is -2.25. The number of anilines is 2. The topological polar surface area (TPSA) is 95.7 Å². The predicted molar refractivity (Wildman–Crippen MR) is 129 cm³/mol. The van der Waals surface area contributed by atoms with Crippen molar-refractivity contribution < 1.29 is 14.3 Å². The summed E-state index contributed by atoms with van der Waals surface area (Å²) in [6.45, 7) is 4.20. The van der Waals surface area contributed by atoms with E-state index in [0.717, 1.165) is 22.4 Å². The number of halogens is 1. The molecule has 4 heterocycles. The molecule has 4 aromatic rings. The number of β-amino-alcohol motifs (C(OH)–C–C–N with tert-alkyl or cyclic N) is 1. The minimum absolute atomic E-state index is 0.00752. The molecule has 178 valence electrons. The van der Waals surface area contributed by atoms with Crippen LogP contribution in [0.25, 0.3) is 5.65 Å². The van der Waals surface area contributed by atoms with Crippen molar-refractivity contribution in [3.63, 3.8) is 0 Å². The summed E-state index contributed by atoms with van der Waals surface area (Å²) < 4.78 is 15.6. The summed E-state index contributed by atoms with van der Waals surface area (Å²) >= 11 is 0. The molecule has 1 amide bonds. The van der Waals surface area contributed by atoms with Gasteiger partial charge in [-0.05, 0) is 55.2 Å². The highest BCUT2D eigenvalue weighted by Crippen LogP contribution is 2.39. The molecule has 35 heavy (non-hydrogen) atoms. The van der Waals surface area contributed by atoms with Gasteiger partial charge in [-0.15, -0.1) is 0 Å². The van der Waals surface area contributed by atoms with E-state index < -0.39 is 11.5 Å². The molecule has 8 nitrogen and oxygen atoms in total. The number of hydrogen-bond acceptors (Lipinski definition) is 6. The lowest BCUT2D eigenvalue weighted by molar-refractivity contribution is -0.119. The Morgan fingerprint density at radius 1 is 1.23 bits per heavy atom. The second kappa shape index (κ2) is 7.84. The number of aliphatic hydroxyl groups excluding tert-OH is 1. The first-order valence-corrected chi connectivity index (χ1v) is 11.6. The summed E-state index contributed by atoms with van der Waals surface area (Å²) in [5, 5.41) is 18.0. The molecule has 0 radical (unpaired) electrons. The Morgan fingerprint density at radius 2 is 2.09 bits per heavy atom. The quantitative estimate of drug-likeness (QED) is 0.473. The molecular weight excluding hydrogens is 447 g/mol. The third-order valence-electron chi connectivity index (χ3n) is 7.00. The highest BCUT2D eigenvalue weighted by molar-refractivity contribution is 6.05. The Labute approximate surface area is 201 Å².